The van der Waals surface area contributed by atoms with Gasteiger partial charge in [0.25, 0.3) is 0 Å². The molecule has 2 aromatic heterocycles. The Bertz CT molecular complexity index is 979. The number of ether oxygens (including phenoxy) is 2. The lowest BCUT2D eigenvalue weighted by atomic mass is 9.78. The molecule has 0 aliphatic heterocycles. The van der Waals surface area contributed by atoms with Gasteiger partial charge in [-0.3, -0.25) is 0 Å². The Labute approximate surface area is 215 Å². The van der Waals surface area contributed by atoms with Crippen molar-refractivity contribution in [2.45, 2.75) is 65.8 Å². The zero-order valence-corrected chi connectivity index (χ0v) is 22.1. The van der Waals surface area contributed by atoms with Crippen molar-refractivity contribution in [3.05, 3.63) is 52.0 Å². The van der Waals surface area contributed by atoms with Crippen molar-refractivity contribution < 1.29 is 29.1 Å². The molecule has 2 rings (SSSR count). The van der Waals surface area contributed by atoms with Gasteiger partial charge in [0.2, 0.25) is 0 Å². The molecule has 0 radical (unpaired) electrons. The van der Waals surface area contributed by atoms with E-state index in [1.54, 1.807) is 39.1 Å². The van der Waals surface area contributed by atoms with Crippen LogP contribution in [0.15, 0.2) is 30.6 Å². The van der Waals surface area contributed by atoms with Crippen molar-refractivity contribution in [3.63, 3.8) is 0 Å². The molecule has 4 N–H and O–H groups in total. The van der Waals surface area contributed by atoms with Gasteiger partial charge >= 0.3 is 19.3 Å². The number of nitrogens with one attached hydrogen (secondary N) is 2. The van der Waals surface area contributed by atoms with Crippen LogP contribution in [0.5, 0.6) is 0 Å². The summed E-state index contributed by atoms with van der Waals surface area (Å²) in [6.07, 6.45) is 1.94. The fourth-order valence-electron chi connectivity index (χ4n) is 2.34. The summed E-state index contributed by atoms with van der Waals surface area (Å²) in [4.78, 5) is 30.5. The lowest BCUT2D eigenvalue weighted by Gasteiger charge is -2.20. The molecule has 35 heavy (non-hydrogen) atoms. The molecular formula is C22H31BCl2N4O6. The van der Waals surface area contributed by atoms with Crippen LogP contribution in [-0.2, 0) is 22.6 Å². The Balaban J connectivity index is 0.000000355. The molecule has 0 fully saturated rings. The maximum atomic E-state index is 11.5. The highest BCUT2D eigenvalue weighted by molar-refractivity contribution is 6.59. The van der Waals surface area contributed by atoms with Crippen LogP contribution in [0.4, 0.5) is 9.59 Å². The van der Waals surface area contributed by atoms with E-state index in [2.05, 4.69) is 20.6 Å². The number of nitrogens with zero attached hydrogens (tertiary/aromatic N) is 2. The predicted octanol–water partition coefficient (Wildman–Crippen LogP) is 3.20. The first-order valence-electron chi connectivity index (χ1n) is 10.6. The largest absolute Gasteiger partial charge is 0.488 e. The second kappa shape index (κ2) is 13.5. The van der Waals surface area contributed by atoms with Gasteiger partial charge in [-0.15, -0.1) is 0 Å². The van der Waals surface area contributed by atoms with Gasteiger partial charge in [0.1, 0.15) is 21.5 Å². The Kier molecular flexibility index (Phi) is 11.7. The second-order valence-corrected chi connectivity index (χ2v) is 10.1. The van der Waals surface area contributed by atoms with Gasteiger partial charge < -0.3 is 30.2 Å². The van der Waals surface area contributed by atoms with Crippen LogP contribution in [0.1, 0.15) is 52.7 Å². The highest BCUT2D eigenvalue weighted by Gasteiger charge is 2.20. The van der Waals surface area contributed by atoms with Crippen LogP contribution in [-0.4, -0.2) is 50.5 Å². The minimum atomic E-state index is -1.68. The van der Waals surface area contributed by atoms with Crippen LogP contribution in [0.3, 0.4) is 0 Å². The number of hydrogen-bond acceptors (Lipinski definition) is 8. The predicted molar refractivity (Wildman–Crippen MR) is 134 cm³/mol. The summed E-state index contributed by atoms with van der Waals surface area (Å²) in [6.45, 7) is 11.1. The molecule has 13 heteroatoms. The van der Waals surface area contributed by atoms with Crippen LogP contribution in [0, 0.1) is 0 Å². The van der Waals surface area contributed by atoms with Gasteiger partial charge in [-0.1, -0.05) is 29.3 Å². The van der Waals surface area contributed by atoms with E-state index in [0.29, 0.717) is 17.3 Å². The molecule has 0 saturated heterocycles. The van der Waals surface area contributed by atoms with Crippen molar-refractivity contribution >= 4 is 48.0 Å². The van der Waals surface area contributed by atoms with Gasteiger partial charge in [0.05, 0.1) is 0 Å². The van der Waals surface area contributed by atoms with Gasteiger partial charge in [0, 0.05) is 25.5 Å². The average molecular weight is 529 g/mol. The second-order valence-electron chi connectivity index (χ2n) is 9.28. The van der Waals surface area contributed by atoms with Crippen LogP contribution in [0.2, 0.25) is 10.3 Å². The van der Waals surface area contributed by atoms with Crippen LogP contribution < -0.4 is 16.1 Å². The number of carbonyl (C=O) groups is 2. The lowest BCUT2D eigenvalue weighted by molar-refractivity contribution is 0.0512. The summed E-state index contributed by atoms with van der Waals surface area (Å²) < 4.78 is 10.1. The van der Waals surface area contributed by atoms with E-state index in [4.69, 9.17) is 32.7 Å². The fourth-order valence-corrected chi connectivity index (χ4v) is 2.62. The summed E-state index contributed by atoms with van der Waals surface area (Å²) in [5, 5.41) is 24.1. The van der Waals surface area contributed by atoms with E-state index >= 15 is 0 Å². The summed E-state index contributed by atoms with van der Waals surface area (Å²) in [6, 6.07) is 4.80. The fraction of sp³-hybridized carbons (Fsp3) is 0.455. The molecule has 2 heterocycles. The Morgan fingerprint density at radius 1 is 0.886 bits per heavy atom. The molecular weight excluding hydrogens is 498 g/mol. The van der Waals surface area contributed by atoms with Crippen LogP contribution >= 0.6 is 23.2 Å². The molecule has 0 unspecified atom stereocenters. The summed E-state index contributed by atoms with van der Waals surface area (Å²) >= 11 is 11.3. The third kappa shape index (κ3) is 13.8. The smallest absolute Gasteiger partial charge is 0.444 e. The summed E-state index contributed by atoms with van der Waals surface area (Å²) in [5.41, 5.74) is 0.431. The highest BCUT2D eigenvalue weighted by atomic mass is 35.5. The standard InChI is InChI=1S/C11H16BClN2O4.C11H15ClN2O2/c1-11(2,3)19-10(16)15-6-7-5-14-9(13)4-8(7)12(17)18;1-11(2,3)16-10(15)14-7-8-4-5-9(12)13-6-8/h4-5,17-18H,6H2,1-3H3,(H,15,16);4-6H,7H2,1-3H3,(H,14,15). The van der Waals surface area contributed by atoms with E-state index in [9.17, 15) is 19.6 Å². The van der Waals surface area contributed by atoms with E-state index in [1.165, 1.54) is 12.3 Å². The van der Waals surface area contributed by atoms with E-state index in [0.717, 1.165) is 5.56 Å². The number of hydrogen-bond donors (Lipinski definition) is 4. The zero-order chi connectivity index (χ0) is 26.8. The zero-order valence-electron chi connectivity index (χ0n) is 20.6. The van der Waals surface area contributed by atoms with Crippen molar-refractivity contribution in [2.75, 3.05) is 0 Å². The summed E-state index contributed by atoms with van der Waals surface area (Å²) in [7, 11) is -1.68. The maximum absolute atomic E-state index is 11.5. The Morgan fingerprint density at radius 2 is 1.40 bits per heavy atom. The first kappa shape index (κ1) is 30.4. The molecule has 0 saturated carbocycles. The monoisotopic (exact) mass is 528 g/mol. The average Bonchev–Trinajstić information content (AvgIpc) is 2.70. The van der Waals surface area contributed by atoms with Crippen LogP contribution in [0.25, 0.3) is 0 Å². The minimum absolute atomic E-state index is 0.0615. The molecule has 0 aromatic carbocycles. The van der Waals surface area contributed by atoms with Crippen molar-refractivity contribution in [1.29, 1.82) is 0 Å². The first-order chi connectivity index (χ1) is 16.1. The molecule has 0 aliphatic carbocycles. The Morgan fingerprint density at radius 3 is 1.86 bits per heavy atom. The van der Waals surface area contributed by atoms with Gasteiger partial charge in [-0.25, -0.2) is 19.6 Å². The van der Waals surface area contributed by atoms with Crippen molar-refractivity contribution in [3.8, 4) is 0 Å². The topological polar surface area (TPSA) is 143 Å². The van der Waals surface area contributed by atoms with Gasteiger partial charge in [-0.2, -0.15) is 0 Å². The number of carbonyl (C=O) groups excluding carboxylic acids is 2. The summed E-state index contributed by atoms with van der Waals surface area (Å²) in [5.74, 6) is 0. The lowest BCUT2D eigenvalue weighted by Crippen LogP contribution is -2.37. The molecule has 192 valence electrons. The number of alkyl carbamates (subject to hydrolysis) is 2. The molecule has 0 spiro atoms. The third-order valence-electron chi connectivity index (χ3n) is 3.71. The Hall–Kier alpha value is -2.60. The molecule has 0 bridgehead atoms. The molecule has 0 aliphatic rings. The molecule has 0 atom stereocenters. The van der Waals surface area contributed by atoms with E-state index in [1.807, 2.05) is 20.8 Å². The van der Waals surface area contributed by atoms with E-state index in [-0.39, 0.29) is 17.2 Å². The van der Waals surface area contributed by atoms with E-state index < -0.39 is 30.5 Å². The molecule has 2 amide bonds. The van der Waals surface area contributed by atoms with Crippen molar-refractivity contribution in [2.24, 2.45) is 0 Å². The molecule has 10 nitrogen and oxygen atoms in total. The SMILES string of the molecule is CC(C)(C)OC(=O)NCc1ccc(Cl)nc1.CC(C)(C)OC(=O)NCc1cnc(Cl)cc1B(O)O. The van der Waals surface area contributed by atoms with Gasteiger partial charge in [-0.05, 0) is 70.3 Å². The highest BCUT2D eigenvalue weighted by Crippen LogP contribution is 2.09. The van der Waals surface area contributed by atoms with Gasteiger partial charge in [0.15, 0.2) is 0 Å². The normalized spacial score (nSPS) is 11.0. The van der Waals surface area contributed by atoms with Crippen molar-refractivity contribution in [1.82, 2.24) is 20.6 Å². The number of aromatic nitrogens is 2. The number of pyridine rings is 2. The third-order valence-corrected chi connectivity index (χ3v) is 4.14. The minimum Gasteiger partial charge on any atom is -0.444 e. The number of halogens is 2. The quantitative estimate of drug-likeness (QED) is 0.342. The number of rotatable bonds is 5. The number of amides is 2. The first-order valence-corrected chi connectivity index (χ1v) is 11.4. The molecule has 2 aromatic rings. The maximum Gasteiger partial charge on any atom is 0.488 e.